The molecule has 4 nitrogen and oxygen atoms in total. The molecule has 2 heterocycles. The number of aryl methyl sites for hydroxylation is 2. The Balaban J connectivity index is 1.90. The molecule has 18 heavy (non-hydrogen) atoms. The summed E-state index contributed by atoms with van der Waals surface area (Å²) >= 11 is 0. The van der Waals surface area contributed by atoms with E-state index in [-0.39, 0.29) is 0 Å². The van der Waals surface area contributed by atoms with Crippen molar-refractivity contribution in [2.45, 2.75) is 46.1 Å². The van der Waals surface area contributed by atoms with Crippen LogP contribution < -0.4 is 10.6 Å². The minimum atomic E-state index is 0.873. The van der Waals surface area contributed by atoms with E-state index in [0.29, 0.717) is 0 Å². The quantitative estimate of drug-likeness (QED) is 0.874. The van der Waals surface area contributed by atoms with E-state index >= 15 is 0 Å². The van der Waals surface area contributed by atoms with Crippen LogP contribution in [0.15, 0.2) is 0 Å². The van der Waals surface area contributed by atoms with Crippen molar-refractivity contribution in [2.24, 2.45) is 11.8 Å². The highest BCUT2D eigenvalue weighted by molar-refractivity contribution is 5.66. The van der Waals surface area contributed by atoms with Gasteiger partial charge in [0.05, 0.1) is 11.4 Å². The Labute approximate surface area is 109 Å². The molecular weight excluding hydrogens is 224 g/mol. The molecule has 4 heteroatoms. The zero-order valence-electron chi connectivity index (χ0n) is 11.5. The van der Waals surface area contributed by atoms with Crippen molar-refractivity contribution in [2.75, 3.05) is 23.7 Å². The van der Waals surface area contributed by atoms with Crippen LogP contribution in [0.1, 0.15) is 38.3 Å². The van der Waals surface area contributed by atoms with E-state index in [1.807, 2.05) is 6.92 Å². The fourth-order valence-electron chi connectivity index (χ4n) is 3.74. The van der Waals surface area contributed by atoms with E-state index in [1.54, 1.807) is 0 Å². The molecule has 0 spiro atoms. The highest BCUT2D eigenvalue weighted by atomic mass is 15.4. The third kappa shape index (κ3) is 1.88. The van der Waals surface area contributed by atoms with Crippen LogP contribution in [-0.4, -0.2) is 22.9 Å². The summed E-state index contributed by atoms with van der Waals surface area (Å²) in [5.41, 5.74) is 8.10. The zero-order chi connectivity index (χ0) is 12.7. The molecule has 2 fully saturated rings. The van der Waals surface area contributed by atoms with Gasteiger partial charge in [0.1, 0.15) is 0 Å². The molecule has 2 atom stereocenters. The number of fused-ring (bicyclic) bond motifs is 2. The minimum Gasteiger partial charge on any atom is -0.394 e. The summed E-state index contributed by atoms with van der Waals surface area (Å²) in [5, 5.41) is 4.55. The maximum atomic E-state index is 6.24. The minimum absolute atomic E-state index is 0.873. The summed E-state index contributed by atoms with van der Waals surface area (Å²) in [4.78, 5) is 2.50. The van der Waals surface area contributed by atoms with Gasteiger partial charge < -0.3 is 10.6 Å². The molecule has 1 saturated carbocycles. The summed E-state index contributed by atoms with van der Waals surface area (Å²) in [7, 11) is 0. The van der Waals surface area contributed by atoms with Gasteiger partial charge in [-0.1, -0.05) is 6.42 Å². The van der Waals surface area contributed by atoms with Crippen molar-refractivity contribution in [3.63, 3.8) is 0 Å². The van der Waals surface area contributed by atoms with Crippen molar-refractivity contribution in [1.29, 1.82) is 0 Å². The van der Waals surface area contributed by atoms with Gasteiger partial charge in [0.15, 0.2) is 5.82 Å². The Morgan fingerprint density at radius 1 is 1.28 bits per heavy atom. The van der Waals surface area contributed by atoms with Crippen molar-refractivity contribution in [3.05, 3.63) is 5.69 Å². The SMILES string of the molecule is CCn1nc(C)c(N)c1N1CC2CCCC(C2)C1. The first-order chi connectivity index (χ1) is 8.69. The molecule has 100 valence electrons. The van der Waals surface area contributed by atoms with Crippen LogP contribution in [0.25, 0.3) is 0 Å². The topological polar surface area (TPSA) is 47.1 Å². The average molecular weight is 248 g/mol. The first-order valence-electron chi connectivity index (χ1n) is 7.26. The second-order valence-corrected chi connectivity index (χ2v) is 5.94. The van der Waals surface area contributed by atoms with Crippen LogP contribution in [0.4, 0.5) is 11.5 Å². The van der Waals surface area contributed by atoms with E-state index < -0.39 is 0 Å². The number of hydrogen-bond acceptors (Lipinski definition) is 3. The summed E-state index contributed by atoms with van der Waals surface area (Å²) in [6, 6.07) is 0. The van der Waals surface area contributed by atoms with E-state index in [2.05, 4.69) is 21.6 Å². The van der Waals surface area contributed by atoms with E-state index in [4.69, 9.17) is 5.73 Å². The van der Waals surface area contributed by atoms with E-state index in [9.17, 15) is 0 Å². The van der Waals surface area contributed by atoms with Crippen LogP contribution in [0.2, 0.25) is 0 Å². The van der Waals surface area contributed by atoms with Crippen molar-refractivity contribution in [1.82, 2.24) is 9.78 Å². The number of rotatable bonds is 2. The molecule has 2 unspecified atom stereocenters. The van der Waals surface area contributed by atoms with E-state index in [1.165, 1.54) is 44.6 Å². The van der Waals surface area contributed by atoms with Gasteiger partial charge in [0.2, 0.25) is 0 Å². The van der Waals surface area contributed by atoms with Crippen molar-refractivity contribution < 1.29 is 0 Å². The number of piperidine rings is 1. The highest BCUT2D eigenvalue weighted by Crippen LogP contribution is 2.38. The molecule has 1 aliphatic heterocycles. The number of nitrogens with two attached hydrogens (primary N) is 1. The Hall–Kier alpha value is -1.19. The van der Waals surface area contributed by atoms with Crippen molar-refractivity contribution in [3.8, 4) is 0 Å². The zero-order valence-corrected chi connectivity index (χ0v) is 11.5. The number of nitrogen functional groups attached to an aromatic ring is 1. The van der Waals surface area contributed by atoms with Gasteiger partial charge in [0, 0.05) is 19.6 Å². The largest absolute Gasteiger partial charge is 0.394 e. The average Bonchev–Trinajstić information content (AvgIpc) is 2.65. The van der Waals surface area contributed by atoms with Gasteiger partial charge >= 0.3 is 0 Å². The molecule has 2 N–H and O–H groups in total. The summed E-state index contributed by atoms with van der Waals surface area (Å²) in [6.45, 7) is 7.40. The number of hydrogen-bond donors (Lipinski definition) is 1. The predicted octanol–water partition coefficient (Wildman–Crippen LogP) is 2.42. The maximum absolute atomic E-state index is 6.24. The lowest BCUT2D eigenvalue weighted by atomic mass is 9.78. The van der Waals surface area contributed by atoms with Gasteiger partial charge in [-0.25, -0.2) is 4.68 Å². The van der Waals surface area contributed by atoms with Crippen LogP contribution in [0.3, 0.4) is 0 Å². The van der Waals surface area contributed by atoms with Gasteiger partial charge in [-0.2, -0.15) is 5.10 Å². The lowest BCUT2D eigenvalue weighted by molar-refractivity contribution is 0.229. The summed E-state index contributed by atoms with van der Waals surface area (Å²) in [6.07, 6.45) is 5.64. The molecule has 1 aromatic rings. The lowest BCUT2D eigenvalue weighted by Gasteiger charge is -2.42. The summed E-state index contributed by atoms with van der Waals surface area (Å²) < 4.78 is 2.08. The fourth-order valence-corrected chi connectivity index (χ4v) is 3.74. The van der Waals surface area contributed by atoms with Crippen LogP contribution in [0, 0.1) is 18.8 Å². The second kappa shape index (κ2) is 4.48. The monoisotopic (exact) mass is 248 g/mol. The number of anilines is 2. The molecule has 1 saturated heterocycles. The van der Waals surface area contributed by atoms with E-state index in [0.717, 1.165) is 29.8 Å². The Morgan fingerprint density at radius 3 is 2.56 bits per heavy atom. The van der Waals surface area contributed by atoms with Gasteiger partial charge in [0.25, 0.3) is 0 Å². The Bertz CT molecular complexity index is 425. The smallest absolute Gasteiger partial charge is 0.150 e. The first-order valence-corrected chi connectivity index (χ1v) is 7.26. The third-order valence-electron chi connectivity index (χ3n) is 4.59. The van der Waals surface area contributed by atoms with Crippen molar-refractivity contribution >= 4 is 11.5 Å². The standard InChI is InChI=1S/C14H24N4/c1-3-18-14(13(15)10(2)16-18)17-8-11-5-4-6-12(7-11)9-17/h11-12H,3-9,15H2,1-2H3. The van der Waals surface area contributed by atoms with Crippen LogP contribution in [0.5, 0.6) is 0 Å². The molecule has 3 rings (SSSR count). The third-order valence-corrected chi connectivity index (χ3v) is 4.59. The maximum Gasteiger partial charge on any atom is 0.150 e. The molecular formula is C14H24N4. The predicted molar refractivity (Wildman–Crippen MR) is 74.7 cm³/mol. The highest BCUT2D eigenvalue weighted by Gasteiger charge is 2.32. The molecule has 0 aromatic carbocycles. The lowest BCUT2D eigenvalue weighted by Crippen LogP contribution is -2.43. The first kappa shape index (κ1) is 11.9. The van der Waals surface area contributed by atoms with Gasteiger partial charge in [-0.3, -0.25) is 0 Å². The van der Waals surface area contributed by atoms with Gasteiger partial charge in [-0.05, 0) is 44.9 Å². The fraction of sp³-hybridized carbons (Fsp3) is 0.786. The molecule has 1 aliphatic carbocycles. The second-order valence-electron chi connectivity index (χ2n) is 5.94. The summed E-state index contributed by atoms with van der Waals surface area (Å²) in [5.74, 6) is 2.92. The van der Waals surface area contributed by atoms with Crippen LogP contribution in [-0.2, 0) is 6.54 Å². The normalized spacial score (nSPS) is 27.6. The molecule has 1 aromatic heterocycles. The molecule has 2 aliphatic rings. The molecule has 2 bridgehead atoms. The molecule has 0 amide bonds. The number of aromatic nitrogens is 2. The number of nitrogens with zero attached hydrogens (tertiary/aromatic N) is 3. The molecule has 0 radical (unpaired) electrons. The van der Waals surface area contributed by atoms with Gasteiger partial charge in [-0.15, -0.1) is 0 Å². The van der Waals surface area contributed by atoms with Crippen LogP contribution >= 0.6 is 0 Å². The Kier molecular flexibility index (Phi) is 2.96. The Morgan fingerprint density at radius 2 is 1.94 bits per heavy atom.